The van der Waals surface area contributed by atoms with Crippen molar-refractivity contribution >= 4 is 21.4 Å². The monoisotopic (exact) mass is 166 g/mol. The molecule has 11 heavy (non-hydrogen) atoms. The van der Waals surface area contributed by atoms with Gasteiger partial charge in [0.25, 0.3) is 0 Å². The molecule has 0 fully saturated rings. The Balaban J connectivity index is 2.90. The first kappa shape index (κ1) is 8.01. The van der Waals surface area contributed by atoms with Crippen LogP contribution in [-0.4, -0.2) is 23.3 Å². The Morgan fingerprint density at radius 1 is 1.36 bits per heavy atom. The standard InChI is InChI=1S/C8H10O2Si/c1-10-8(9)6-2-4-7(11)5-3-6/h2-5H,1,11H3. The molecule has 0 radical (unpaired) electrons. The highest BCUT2D eigenvalue weighted by Gasteiger charge is 2.01. The maximum absolute atomic E-state index is 10.9. The van der Waals surface area contributed by atoms with Crippen molar-refractivity contribution in [2.24, 2.45) is 0 Å². The van der Waals surface area contributed by atoms with Gasteiger partial charge in [-0.2, -0.15) is 0 Å². The van der Waals surface area contributed by atoms with Crippen LogP contribution in [0.1, 0.15) is 10.4 Å². The quantitative estimate of drug-likeness (QED) is 0.414. The van der Waals surface area contributed by atoms with Crippen LogP contribution in [0, 0.1) is 0 Å². The lowest BCUT2D eigenvalue weighted by atomic mass is 10.2. The SMILES string of the molecule is COC(=O)c1ccc([SiH3])cc1. The summed E-state index contributed by atoms with van der Waals surface area (Å²) in [5, 5.41) is 1.28. The minimum atomic E-state index is -0.272. The van der Waals surface area contributed by atoms with Gasteiger partial charge in [-0.25, -0.2) is 4.79 Å². The van der Waals surface area contributed by atoms with Crippen molar-refractivity contribution < 1.29 is 9.53 Å². The summed E-state index contributed by atoms with van der Waals surface area (Å²) in [5.41, 5.74) is 0.618. The summed E-state index contributed by atoms with van der Waals surface area (Å²) >= 11 is 0. The molecule has 1 aromatic rings. The largest absolute Gasteiger partial charge is 0.465 e. The molecule has 0 bridgehead atoms. The number of hydrogen-bond acceptors (Lipinski definition) is 2. The average molecular weight is 166 g/mol. The Morgan fingerprint density at radius 3 is 2.36 bits per heavy atom. The van der Waals surface area contributed by atoms with E-state index in [-0.39, 0.29) is 5.97 Å². The van der Waals surface area contributed by atoms with Gasteiger partial charge in [-0.15, -0.1) is 0 Å². The number of rotatable bonds is 1. The number of carbonyl (C=O) groups is 1. The molecule has 0 spiro atoms. The zero-order valence-electron chi connectivity index (χ0n) is 6.63. The Labute approximate surface area is 68.6 Å². The van der Waals surface area contributed by atoms with Crippen LogP contribution >= 0.6 is 0 Å². The predicted octanol–water partition coefficient (Wildman–Crippen LogP) is -0.536. The molecule has 1 rings (SSSR count). The van der Waals surface area contributed by atoms with Gasteiger partial charge >= 0.3 is 5.97 Å². The number of methoxy groups -OCH3 is 1. The van der Waals surface area contributed by atoms with Gasteiger partial charge in [0.1, 0.15) is 0 Å². The second-order valence-electron chi connectivity index (χ2n) is 2.36. The third-order valence-electron chi connectivity index (χ3n) is 1.47. The van der Waals surface area contributed by atoms with Gasteiger partial charge in [0.05, 0.1) is 12.7 Å². The van der Waals surface area contributed by atoms with Crippen molar-refractivity contribution in [3.63, 3.8) is 0 Å². The van der Waals surface area contributed by atoms with Crippen LogP contribution in [0.15, 0.2) is 24.3 Å². The average Bonchev–Trinajstić information content (AvgIpc) is 2.05. The topological polar surface area (TPSA) is 26.3 Å². The molecule has 58 valence electrons. The number of benzene rings is 1. The van der Waals surface area contributed by atoms with Crippen molar-refractivity contribution in [3.05, 3.63) is 29.8 Å². The summed E-state index contributed by atoms with van der Waals surface area (Å²) in [7, 11) is 2.40. The van der Waals surface area contributed by atoms with Gasteiger partial charge in [0, 0.05) is 10.2 Å². The normalized spacial score (nSPS) is 9.55. The van der Waals surface area contributed by atoms with Crippen LogP contribution in [0.4, 0.5) is 0 Å². The Hall–Kier alpha value is -1.09. The summed E-state index contributed by atoms with van der Waals surface area (Å²) in [6.45, 7) is 0. The Morgan fingerprint density at radius 2 is 1.91 bits per heavy atom. The Bertz CT molecular complexity index is 253. The molecular formula is C8H10O2Si. The maximum Gasteiger partial charge on any atom is 0.337 e. The van der Waals surface area contributed by atoms with E-state index in [9.17, 15) is 4.79 Å². The van der Waals surface area contributed by atoms with E-state index >= 15 is 0 Å². The van der Waals surface area contributed by atoms with Crippen molar-refractivity contribution in [2.75, 3.05) is 7.11 Å². The van der Waals surface area contributed by atoms with Crippen molar-refractivity contribution in [3.8, 4) is 0 Å². The number of ether oxygens (including phenoxy) is 1. The van der Waals surface area contributed by atoms with Gasteiger partial charge in [-0.05, 0) is 12.1 Å². The molecule has 0 N–H and O–H groups in total. The number of esters is 1. The second-order valence-corrected chi connectivity index (χ2v) is 3.51. The van der Waals surface area contributed by atoms with Gasteiger partial charge < -0.3 is 4.74 Å². The third-order valence-corrected chi connectivity index (χ3v) is 2.14. The third kappa shape index (κ3) is 1.91. The molecule has 1 aromatic carbocycles. The van der Waals surface area contributed by atoms with Crippen LogP contribution in [0.5, 0.6) is 0 Å². The molecule has 0 saturated heterocycles. The lowest BCUT2D eigenvalue weighted by Gasteiger charge is -1.97. The first-order valence-corrected chi connectivity index (χ1v) is 4.39. The predicted molar refractivity (Wildman–Crippen MR) is 47.4 cm³/mol. The molecule has 0 aliphatic carbocycles. The van der Waals surface area contributed by atoms with E-state index in [4.69, 9.17) is 0 Å². The highest BCUT2D eigenvalue weighted by molar-refractivity contribution is 6.32. The molecule has 0 unspecified atom stereocenters. The van der Waals surface area contributed by atoms with Crippen molar-refractivity contribution in [2.45, 2.75) is 0 Å². The summed E-state index contributed by atoms with van der Waals surface area (Å²) in [5.74, 6) is -0.272. The molecule has 2 nitrogen and oxygen atoms in total. The minimum Gasteiger partial charge on any atom is -0.465 e. The van der Waals surface area contributed by atoms with Crippen molar-refractivity contribution in [1.82, 2.24) is 0 Å². The molecule has 0 aromatic heterocycles. The fourth-order valence-corrected chi connectivity index (χ4v) is 1.14. The molecule has 0 aliphatic heterocycles. The summed E-state index contributed by atoms with van der Waals surface area (Å²) < 4.78 is 4.55. The van der Waals surface area contributed by atoms with E-state index in [1.54, 1.807) is 12.1 Å². The van der Waals surface area contributed by atoms with E-state index in [1.807, 2.05) is 12.1 Å². The number of carbonyl (C=O) groups excluding carboxylic acids is 1. The molecule has 0 amide bonds. The van der Waals surface area contributed by atoms with Crippen LogP contribution in [-0.2, 0) is 4.74 Å². The van der Waals surface area contributed by atoms with Crippen LogP contribution in [0.25, 0.3) is 0 Å². The first-order valence-electron chi connectivity index (χ1n) is 3.39. The summed E-state index contributed by atoms with van der Waals surface area (Å²) in [6.07, 6.45) is 0. The minimum absolute atomic E-state index is 0.272. The van der Waals surface area contributed by atoms with Gasteiger partial charge in [0.2, 0.25) is 0 Å². The fraction of sp³-hybridized carbons (Fsp3) is 0.125. The molecule has 3 heteroatoms. The first-order chi connectivity index (χ1) is 5.24. The highest BCUT2D eigenvalue weighted by Crippen LogP contribution is 1.97. The molecule has 0 aliphatic rings. The molecular weight excluding hydrogens is 156 g/mol. The Kier molecular flexibility index (Phi) is 2.43. The summed E-state index contributed by atoms with van der Waals surface area (Å²) in [6, 6.07) is 7.46. The molecule has 0 saturated carbocycles. The highest BCUT2D eigenvalue weighted by atomic mass is 28.1. The summed E-state index contributed by atoms with van der Waals surface area (Å²) in [4.78, 5) is 10.9. The van der Waals surface area contributed by atoms with E-state index < -0.39 is 0 Å². The zero-order valence-corrected chi connectivity index (χ0v) is 8.63. The van der Waals surface area contributed by atoms with Gasteiger partial charge in [0.15, 0.2) is 0 Å². The van der Waals surface area contributed by atoms with E-state index in [1.165, 1.54) is 12.3 Å². The van der Waals surface area contributed by atoms with Gasteiger partial charge in [-0.3, -0.25) is 0 Å². The van der Waals surface area contributed by atoms with Crippen LogP contribution < -0.4 is 5.19 Å². The van der Waals surface area contributed by atoms with Crippen LogP contribution in [0.3, 0.4) is 0 Å². The maximum atomic E-state index is 10.9. The van der Waals surface area contributed by atoms with E-state index in [2.05, 4.69) is 4.74 Å². The second kappa shape index (κ2) is 3.34. The van der Waals surface area contributed by atoms with E-state index in [0.29, 0.717) is 5.56 Å². The van der Waals surface area contributed by atoms with Gasteiger partial charge in [-0.1, -0.05) is 17.3 Å². The van der Waals surface area contributed by atoms with E-state index in [0.717, 1.165) is 10.2 Å². The smallest absolute Gasteiger partial charge is 0.337 e. The molecule has 0 atom stereocenters. The zero-order chi connectivity index (χ0) is 8.27. The number of hydrogen-bond donors (Lipinski definition) is 0. The van der Waals surface area contributed by atoms with Crippen molar-refractivity contribution in [1.29, 1.82) is 0 Å². The lowest BCUT2D eigenvalue weighted by molar-refractivity contribution is 0.0601. The molecule has 0 heterocycles. The fourth-order valence-electron chi connectivity index (χ4n) is 0.807. The lowest BCUT2D eigenvalue weighted by Crippen LogP contribution is -2.05. The van der Waals surface area contributed by atoms with Crippen LogP contribution in [0.2, 0.25) is 0 Å².